The van der Waals surface area contributed by atoms with Crippen molar-refractivity contribution < 1.29 is 0 Å². The Morgan fingerprint density at radius 2 is 0.781 bits per heavy atom. The molecule has 0 aliphatic carbocycles. The zero-order valence-electron chi connectivity index (χ0n) is 34.8. The number of hydrogen-bond donors (Lipinski definition) is 0. The minimum atomic E-state index is 1.10. The Bertz CT molecular complexity index is 4170. The zero-order chi connectivity index (χ0) is 41.9. The third-order valence-corrected chi connectivity index (χ3v) is 13.8. The molecule has 2 nitrogen and oxygen atoms in total. The van der Waals surface area contributed by atoms with Crippen LogP contribution in [-0.2, 0) is 0 Å². The summed E-state index contributed by atoms with van der Waals surface area (Å²) in [6.45, 7) is 0. The van der Waals surface area contributed by atoms with Gasteiger partial charge in [0.15, 0.2) is 0 Å². The quantitative estimate of drug-likeness (QED) is 0.157. The first kappa shape index (κ1) is 35.2. The molecule has 0 N–H and O–H groups in total. The second-order valence-electron chi connectivity index (χ2n) is 17.2. The summed E-state index contributed by atoms with van der Waals surface area (Å²) in [7, 11) is 0. The maximum absolute atomic E-state index is 2.47. The summed E-state index contributed by atoms with van der Waals surface area (Å²) in [5.74, 6) is 0. The first-order valence-electron chi connectivity index (χ1n) is 22.2. The summed E-state index contributed by atoms with van der Waals surface area (Å²) in [5.41, 5.74) is 9.30. The maximum atomic E-state index is 2.47. The highest BCUT2D eigenvalue weighted by Gasteiger charge is 2.21. The van der Waals surface area contributed by atoms with Crippen LogP contribution in [0.5, 0.6) is 0 Å². The lowest BCUT2D eigenvalue weighted by molar-refractivity contribution is 1.18. The summed E-state index contributed by atoms with van der Waals surface area (Å²) in [6, 6.07) is 85.6. The molecule has 0 aliphatic rings. The minimum Gasteiger partial charge on any atom is -0.310 e. The SMILES string of the molecule is c1ccc(-n2c3ccccc3c3ccc(-c4ccc(N(c5cc6ccc7cccc8c9cccc%10ccc%11cccc(c(c5)c6c78)c%11c%109)c5cccc6ccccc56)cc4)cc32)cc1. The Labute approximate surface area is 369 Å². The van der Waals surface area contributed by atoms with Gasteiger partial charge >= 0.3 is 0 Å². The van der Waals surface area contributed by atoms with Crippen LogP contribution in [0.25, 0.3) is 114 Å². The van der Waals surface area contributed by atoms with E-state index < -0.39 is 0 Å². The van der Waals surface area contributed by atoms with Crippen molar-refractivity contribution >= 4 is 114 Å². The van der Waals surface area contributed by atoms with Crippen molar-refractivity contribution in [1.29, 1.82) is 0 Å². The minimum absolute atomic E-state index is 1.10. The molecule has 0 fully saturated rings. The van der Waals surface area contributed by atoms with E-state index in [0.717, 1.165) is 22.7 Å². The monoisotopic (exact) mass is 810 g/mol. The van der Waals surface area contributed by atoms with Crippen LogP contribution in [0.15, 0.2) is 231 Å². The van der Waals surface area contributed by atoms with Gasteiger partial charge in [0.05, 0.1) is 16.7 Å². The normalized spacial score (nSPS) is 12.1. The predicted octanol–water partition coefficient (Wildman–Crippen LogP) is 17.4. The topological polar surface area (TPSA) is 8.17 Å². The fourth-order valence-corrected chi connectivity index (χ4v) is 11.0. The highest BCUT2D eigenvalue weighted by Crippen LogP contribution is 2.47. The van der Waals surface area contributed by atoms with Gasteiger partial charge in [-0.05, 0) is 136 Å². The van der Waals surface area contributed by atoms with Gasteiger partial charge in [-0.3, -0.25) is 0 Å². The van der Waals surface area contributed by atoms with Gasteiger partial charge in [-0.1, -0.05) is 176 Å². The molecule has 0 atom stereocenters. The van der Waals surface area contributed by atoms with Gasteiger partial charge in [-0.15, -0.1) is 0 Å². The third-order valence-electron chi connectivity index (χ3n) is 13.8. The lowest BCUT2D eigenvalue weighted by atomic mass is 9.87. The molecule has 0 radical (unpaired) electrons. The number of nitrogens with zero attached hydrogens (tertiary/aromatic N) is 2. The summed E-state index contributed by atoms with van der Waals surface area (Å²) in [6.07, 6.45) is 0. The summed E-state index contributed by atoms with van der Waals surface area (Å²) >= 11 is 0. The Kier molecular flexibility index (Phi) is 7.43. The van der Waals surface area contributed by atoms with E-state index in [1.54, 1.807) is 0 Å². The molecule has 296 valence electrons. The third kappa shape index (κ3) is 5.08. The zero-order valence-corrected chi connectivity index (χ0v) is 34.8. The summed E-state index contributed by atoms with van der Waals surface area (Å²) in [5, 5.41) is 20.3. The summed E-state index contributed by atoms with van der Waals surface area (Å²) in [4.78, 5) is 2.47. The second-order valence-corrected chi connectivity index (χ2v) is 17.2. The second kappa shape index (κ2) is 13.5. The van der Waals surface area contributed by atoms with Crippen LogP contribution in [0.1, 0.15) is 0 Å². The first-order valence-corrected chi connectivity index (χ1v) is 22.2. The molecular weight excluding hydrogens is 773 g/mol. The van der Waals surface area contributed by atoms with Crippen molar-refractivity contribution in [2.75, 3.05) is 4.90 Å². The number of anilines is 3. The van der Waals surface area contributed by atoms with Crippen molar-refractivity contribution in [3.8, 4) is 16.8 Å². The van der Waals surface area contributed by atoms with Crippen molar-refractivity contribution in [3.05, 3.63) is 231 Å². The standard InChI is InChI=1S/C62H38N2/c1-2-17-46(18-3-1)64-57-24-7-6-20-50(57)51-35-32-44(37-58(51)64)39-30-33-47(34-31-39)63(56-25-11-13-40-12-4-5-19-49(40)56)48-36-45-29-28-43-15-9-22-53-52-21-8-14-41-26-27-42-16-10-23-54(61(42)59(41)52)55(38-48)62(45)60(43)53/h1-38H. The molecule has 2 heteroatoms. The van der Waals surface area contributed by atoms with Crippen molar-refractivity contribution in [3.63, 3.8) is 0 Å². The highest BCUT2D eigenvalue weighted by molar-refractivity contribution is 6.37. The van der Waals surface area contributed by atoms with Crippen molar-refractivity contribution in [2.24, 2.45) is 0 Å². The number of benzene rings is 12. The van der Waals surface area contributed by atoms with E-state index in [4.69, 9.17) is 0 Å². The fraction of sp³-hybridized carbons (Fsp3) is 0. The van der Waals surface area contributed by atoms with E-state index in [2.05, 4.69) is 240 Å². The number of hydrogen-bond acceptors (Lipinski definition) is 1. The molecule has 14 aromatic rings. The van der Waals surface area contributed by atoms with Gasteiger partial charge in [-0.2, -0.15) is 0 Å². The van der Waals surface area contributed by atoms with Gasteiger partial charge in [0.25, 0.3) is 0 Å². The van der Waals surface area contributed by atoms with Crippen LogP contribution in [0.3, 0.4) is 0 Å². The van der Waals surface area contributed by atoms with Crippen LogP contribution in [0.4, 0.5) is 17.1 Å². The molecule has 0 amide bonds. The molecule has 0 saturated carbocycles. The van der Waals surface area contributed by atoms with Crippen LogP contribution in [0, 0.1) is 0 Å². The van der Waals surface area contributed by atoms with Gasteiger partial charge in [0.2, 0.25) is 0 Å². The van der Waals surface area contributed by atoms with E-state index in [1.807, 2.05) is 0 Å². The Morgan fingerprint density at radius 3 is 1.50 bits per heavy atom. The van der Waals surface area contributed by atoms with E-state index in [-0.39, 0.29) is 0 Å². The van der Waals surface area contributed by atoms with E-state index in [0.29, 0.717) is 0 Å². The molecular formula is C62H38N2. The van der Waals surface area contributed by atoms with E-state index in [1.165, 1.54) is 108 Å². The van der Waals surface area contributed by atoms with Crippen LogP contribution >= 0.6 is 0 Å². The van der Waals surface area contributed by atoms with Crippen LogP contribution in [0.2, 0.25) is 0 Å². The molecule has 0 aliphatic heterocycles. The largest absolute Gasteiger partial charge is 0.310 e. The van der Waals surface area contributed by atoms with Crippen molar-refractivity contribution in [2.45, 2.75) is 0 Å². The van der Waals surface area contributed by atoms with Gasteiger partial charge < -0.3 is 9.47 Å². The summed E-state index contributed by atoms with van der Waals surface area (Å²) < 4.78 is 2.40. The number of fused-ring (bicyclic) bond motifs is 6. The first-order chi connectivity index (χ1) is 31.7. The smallest absolute Gasteiger partial charge is 0.0547 e. The van der Waals surface area contributed by atoms with Crippen molar-refractivity contribution in [1.82, 2.24) is 4.57 Å². The molecule has 14 rings (SSSR count). The molecule has 0 bridgehead atoms. The molecule has 0 saturated heterocycles. The van der Waals surface area contributed by atoms with Crippen LogP contribution in [-0.4, -0.2) is 4.57 Å². The van der Waals surface area contributed by atoms with E-state index in [9.17, 15) is 0 Å². The van der Waals surface area contributed by atoms with Gasteiger partial charge in [0, 0.05) is 33.2 Å². The van der Waals surface area contributed by atoms with Crippen LogP contribution < -0.4 is 4.90 Å². The average molecular weight is 811 g/mol. The lowest BCUT2D eigenvalue weighted by Gasteiger charge is -2.28. The number of para-hydroxylation sites is 2. The fourth-order valence-electron chi connectivity index (χ4n) is 11.0. The lowest BCUT2D eigenvalue weighted by Crippen LogP contribution is -2.10. The Hall–Kier alpha value is -8.46. The predicted molar refractivity (Wildman–Crippen MR) is 275 cm³/mol. The molecule has 64 heavy (non-hydrogen) atoms. The molecule has 1 aromatic heterocycles. The maximum Gasteiger partial charge on any atom is 0.0547 e. The van der Waals surface area contributed by atoms with Gasteiger partial charge in [-0.25, -0.2) is 0 Å². The molecule has 1 heterocycles. The van der Waals surface area contributed by atoms with E-state index >= 15 is 0 Å². The highest BCUT2D eigenvalue weighted by atomic mass is 15.1. The average Bonchev–Trinajstić information content (AvgIpc) is 3.69. The van der Waals surface area contributed by atoms with Gasteiger partial charge in [0.1, 0.15) is 0 Å². The number of rotatable bonds is 5. The Morgan fingerprint density at radius 1 is 0.266 bits per heavy atom. The Balaban J connectivity index is 1.02. The number of aromatic nitrogens is 1. The molecule has 0 unspecified atom stereocenters. The molecule has 13 aromatic carbocycles. The molecule has 0 spiro atoms.